The summed E-state index contributed by atoms with van der Waals surface area (Å²) in [5, 5.41) is 8.54. The molecular formula is C15H14O4. The highest BCUT2D eigenvalue weighted by Gasteiger charge is 2.24. The number of unbranched alkanes of at least 4 members (excludes halogenated alkanes) is 1. The molecular weight excluding hydrogens is 244 g/mol. The quantitative estimate of drug-likeness (QED) is 0.824. The zero-order valence-corrected chi connectivity index (χ0v) is 10.4. The zero-order chi connectivity index (χ0) is 13.8. The van der Waals surface area contributed by atoms with Crippen LogP contribution in [0.3, 0.4) is 0 Å². The first-order valence-corrected chi connectivity index (χ1v) is 6.20. The standard InChI is InChI=1S/C15H14O4/c16-13-9-10(5-1-4-8-14(17)18)15(19)12-7-3-2-6-11(12)13/h2-3,6-7,9H,1,4-5,8H2,(H,17,18). The molecule has 0 fully saturated rings. The van der Waals surface area contributed by atoms with Gasteiger partial charge in [0, 0.05) is 23.1 Å². The Kier molecular flexibility index (Phi) is 3.90. The Bertz CT molecular complexity index is 569. The van der Waals surface area contributed by atoms with Crippen molar-refractivity contribution in [2.75, 3.05) is 0 Å². The molecule has 0 radical (unpaired) electrons. The number of ketones is 2. The van der Waals surface area contributed by atoms with Crippen molar-refractivity contribution in [1.29, 1.82) is 0 Å². The van der Waals surface area contributed by atoms with Gasteiger partial charge in [0.05, 0.1) is 0 Å². The van der Waals surface area contributed by atoms with E-state index < -0.39 is 5.97 Å². The van der Waals surface area contributed by atoms with E-state index in [0.717, 1.165) is 0 Å². The molecule has 4 nitrogen and oxygen atoms in total. The van der Waals surface area contributed by atoms with Crippen LogP contribution in [0.5, 0.6) is 0 Å². The van der Waals surface area contributed by atoms with Crippen LogP contribution in [0.1, 0.15) is 46.4 Å². The van der Waals surface area contributed by atoms with E-state index in [4.69, 9.17) is 5.11 Å². The van der Waals surface area contributed by atoms with Gasteiger partial charge in [-0.3, -0.25) is 14.4 Å². The zero-order valence-electron chi connectivity index (χ0n) is 10.4. The number of carboxylic acid groups (broad SMARTS) is 1. The monoisotopic (exact) mass is 258 g/mol. The summed E-state index contributed by atoms with van der Waals surface area (Å²) in [6.45, 7) is 0. The first kappa shape index (κ1) is 13.2. The van der Waals surface area contributed by atoms with Crippen LogP contribution >= 0.6 is 0 Å². The largest absolute Gasteiger partial charge is 0.481 e. The molecule has 1 N–H and O–H groups in total. The van der Waals surface area contributed by atoms with E-state index in [1.165, 1.54) is 6.08 Å². The molecule has 2 rings (SSSR count). The van der Waals surface area contributed by atoms with Gasteiger partial charge in [-0.25, -0.2) is 0 Å². The Hall–Kier alpha value is -2.23. The molecule has 0 aromatic heterocycles. The molecule has 4 heteroatoms. The van der Waals surface area contributed by atoms with Crippen molar-refractivity contribution < 1.29 is 19.5 Å². The van der Waals surface area contributed by atoms with E-state index in [1.807, 2.05) is 0 Å². The number of aliphatic carboxylic acids is 1. The average molecular weight is 258 g/mol. The van der Waals surface area contributed by atoms with Gasteiger partial charge in [-0.15, -0.1) is 0 Å². The second-order valence-corrected chi connectivity index (χ2v) is 4.51. The van der Waals surface area contributed by atoms with Crippen LogP contribution < -0.4 is 0 Å². The fourth-order valence-corrected chi connectivity index (χ4v) is 2.15. The van der Waals surface area contributed by atoms with Gasteiger partial charge in [0.1, 0.15) is 0 Å². The van der Waals surface area contributed by atoms with Crippen LogP contribution in [-0.2, 0) is 4.79 Å². The number of rotatable bonds is 5. The predicted octanol–water partition coefficient (Wildman–Crippen LogP) is 2.64. The third-order valence-corrected chi connectivity index (χ3v) is 3.12. The molecule has 0 aliphatic heterocycles. The first-order valence-electron chi connectivity index (χ1n) is 6.20. The van der Waals surface area contributed by atoms with E-state index in [2.05, 4.69) is 0 Å². The van der Waals surface area contributed by atoms with Gasteiger partial charge in [0.15, 0.2) is 11.6 Å². The maximum Gasteiger partial charge on any atom is 0.303 e. The fraction of sp³-hybridized carbons (Fsp3) is 0.267. The van der Waals surface area contributed by atoms with Crippen LogP contribution in [0.4, 0.5) is 0 Å². The molecule has 98 valence electrons. The molecule has 19 heavy (non-hydrogen) atoms. The molecule has 0 saturated heterocycles. The molecule has 1 aromatic rings. The van der Waals surface area contributed by atoms with Crippen molar-refractivity contribution in [3.8, 4) is 0 Å². The van der Waals surface area contributed by atoms with E-state index in [1.54, 1.807) is 24.3 Å². The van der Waals surface area contributed by atoms with E-state index in [0.29, 0.717) is 36.0 Å². The smallest absolute Gasteiger partial charge is 0.303 e. The molecule has 1 aromatic carbocycles. The molecule has 0 amide bonds. The molecule has 0 spiro atoms. The number of hydrogen-bond donors (Lipinski definition) is 1. The SMILES string of the molecule is O=C(O)CCCCC1=CC(=O)c2ccccc2C1=O. The fourth-order valence-electron chi connectivity index (χ4n) is 2.15. The molecule has 1 aliphatic carbocycles. The number of fused-ring (bicyclic) bond motifs is 1. The molecule has 0 unspecified atom stereocenters. The highest BCUT2D eigenvalue weighted by atomic mass is 16.4. The summed E-state index contributed by atoms with van der Waals surface area (Å²) in [7, 11) is 0. The third-order valence-electron chi connectivity index (χ3n) is 3.12. The van der Waals surface area contributed by atoms with Crippen molar-refractivity contribution in [2.45, 2.75) is 25.7 Å². The lowest BCUT2D eigenvalue weighted by molar-refractivity contribution is -0.137. The number of Topliss-reactive ketones (excluding diaryl/α,β-unsaturated/α-hetero) is 1. The van der Waals surface area contributed by atoms with Gasteiger partial charge in [-0.2, -0.15) is 0 Å². The number of benzene rings is 1. The van der Waals surface area contributed by atoms with Gasteiger partial charge in [-0.1, -0.05) is 24.3 Å². The van der Waals surface area contributed by atoms with Gasteiger partial charge in [0.2, 0.25) is 0 Å². The highest BCUT2D eigenvalue weighted by Crippen LogP contribution is 2.24. The summed E-state index contributed by atoms with van der Waals surface area (Å²) >= 11 is 0. The Morgan fingerprint density at radius 1 is 1.05 bits per heavy atom. The van der Waals surface area contributed by atoms with Crippen molar-refractivity contribution in [2.24, 2.45) is 0 Å². The van der Waals surface area contributed by atoms with Crippen LogP contribution in [0.25, 0.3) is 0 Å². The van der Waals surface area contributed by atoms with Gasteiger partial charge < -0.3 is 5.11 Å². The topological polar surface area (TPSA) is 71.4 Å². The normalized spacial score (nSPS) is 14.0. The van der Waals surface area contributed by atoms with Gasteiger partial charge >= 0.3 is 5.97 Å². The van der Waals surface area contributed by atoms with E-state index in [-0.39, 0.29) is 18.0 Å². The first-order chi connectivity index (χ1) is 9.09. The number of hydrogen-bond acceptors (Lipinski definition) is 3. The van der Waals surface area contributed by atoms with E-state index >= 15 is 0 Å². The predicted molar refractivity (Wildman–Crippen MR) is 69.3 cm³/mol. The lowest BCUT2D eigenvalue weighted by atomic mass is 9.87. The van der Waals surface area contributed by atoms with Crippen LogP contribution in [0.2, 0.25) is 0 Å². The molecule has 0 heterocycles. The molecule has 1 aliphatic rings. The minimum atomic E-state index is -0.842. The second-order valence-electron chi connectivity index (χ2n) is 4.51. The minimum Gasteiger partial charge on any atom is -0.481 e. The summed E-state index contributed by atoms with van der Waals surface area (Å²) in [5.74, 6) is -1.11. The average Bonchev–Trinajstić information content (AvgIpc) is 2.40. The van der Waals surface area contributed by atoms with Crippen LogP contribution in [0, 0.1) is 0 Å². The van der Waals surface area contributed by atoms with Gasteiger partial charge in [0.25, 0.3) is 0 Å². The summed E-state index contributed by atoms with van der Waals surface area (Å²) in [4.78, 5) is 34.4. The maximum atomic E-state index is 12.2. The number of allylic oxidation sites excluding steroid dienone is 2. The van der Waals surface area contributed by atoms with Crippen LogP contribution in [0.15, 0.2) is 35.9 Å². The Morgan fingerprint density at radius 3 is 2.42 bits per heavy atom. The number of carbonyl (C=O) groups excluding carboxylic acids is 2. The summed E-state index contributed by atoms with van der Waals surface area (Å²) in [5.41, 5.74) is 1.37. The van der Waals surface area contributed by atoms with Crippen molar-refractivity contribution >= 4 is 17.5 Å². The van der Waals surface area contributed by atoms with Crippen LogP contribution in [-0.4, -0.2) is 22.6 Å². The lowest BCUT2D eigenvalue weighted by Crippen LogP contribution is -2.16. The molecule has 0 bridgehead atoms. The van der Waals surface area contributed by atoms with Gasteiger partial charge in [-0.05, 0) is 25.3 Å². The van der Waals surface area contributed by atoms with Crippen molar-refractivity contribution in [3.63, 3.8) is 0 Å². The number of carbonyl (C=O) groups is 3. The van der Waals surface area contributed by atoms with Crippen molar-refractivity contribution in [1.82, 2.24) is 0 Å². The summed E-state index contributed by atoms with van der Waals surface area (Å²) < 4.78 is 0. The summed E-state index contributed by atoms with van der Waals surface area (Å²) in [6, 6.07) is 6.76. The lowest BCUT2D eigenvalue weighted by Gasteiger charge is -2.14. The van der Waals surface area contributed by atoms with E-state index in [9.17, 15) is 14.4 Å². The third kappa shape index (κ3) is 2.96. The number of carboxylic acids is 1. The Morgan fingerprint density at radius 2 is 1.74 bits per heavy atom. The van der Waals surface area contributed by atoms with Crippen molar-refractivity contribution in [3.05, 3.63) is 47.0 Å². The minimum absolute atomic E-state index is 0.0893. The maximum absolute atomic E-state index is 12.2. The Labute approximate surface area is 110 Å². The summed E-state index contributed by atoms with van der Waals surface area (Å²) in [6.07, 6.45) is 3.03. The molecule has 0 saturated carbocycles. The Balaban J connectivity index is 2.06. The highest BCUT2D eigenvalue weighted by molar-refractivity contribution is 6.24. The second kappa shape index (κ2) is 5.61. The molecule has 0 atom stereocenters.